The summed E-state index contributed by atoms with van der Waals surface area (Å²) in [5, 5.41) is 8.83. The fraction of sp³-hybridized carbons (Fsp3) is 0.500. The molecular weight excluding hydrogens is 278 g/mol. The van der Waals surface area contributed by atoms with Gasteiger partial charge >= 0.3 is 5.97 Å². The lowest BCUT2D eigenvalue weighted by Gasteiger charge is -2.32. The van der Waals surface area contributed by atoms with E-state index >= 15 is 0 Å². The van der Waals surface area contributed by atoms with Crippen molar-refractivity contribution < 1.29 is 18.3 Å². The number of sulfonamides is 1. The van der Waals surface area contributed by atoms with E-state index < -0.39 is 20.7 Å². The smallest absolute Gasteiger partial charge is 0.305 e. The van der Waals surface area contributed by atoms with Gasteiger partial charge in [0.25, 0.3) is 0 Å². The molecule has 0 amide bonds. The van der Waals surface area contributed by atoms with Crippen LogP contribution in [0, 0.1) is 6.92 Å². The van der Waals surface area contributed by atoms with Crippen LogP contribution in [0.15, 0.2) is 24.3 Å². The van der Waals surface area contributed by atoms with Gasteiger partial charge in [-0.3, -0.25) is 9.10 Å². The Labute approximate surface area is 120 Å². The van der Waals surface area contributed by atoms with Gasteiger partial charge in [-0.05, 0) is 39.3 Å². The van der Waals surface area contributed by atoms with Crippen molar-refractivity contribution >= 4 is 21.7 Å². The van der Waals surface area contributed by atoms with E-state index in [4.69, 9.17) is 5.11 Å². The number of carbonyl (C=O) groups is 1. The predicted molar refractivity (Wildman–Crippen MR) is 79.5 cm³/mol. The highest BCUT2D eigenvalue weighted by atomic mass is 32.2. The average Bonchev–Trinajstić information content (AvgIpc) is 2.29. The van der Waals surface area contributed by atoms with Crippen LogP contribution in [-0.2, 0) is 14.8 Å². The Kier molecular flexibility index (Phi) is 4.81. The summed E-state index contributed by atoms with van der Waals surface area (Å²) in [4.78, 5) is 10.8. The van der Waals surface area contributed by atoms with Crippen LogP contribution in [0.3, 0.4) is 0 Å². The zero-order valence-corrected chi connectivity index (χ0v) is 13.1. The van der Waals surface area contributed by atoms with Gasteiger partial charge in [0, 0.05) is 6.54 Å². The Bertz CT molecular complexity index is 587. The van der Waals surface area contributed by atoms with Crippen molar-refractivity contribution in [3.8, 4) is 0 Å². The summed E-state index contributed by atoms with van der Waals surface area (Å²) in [6, 6.07) is 7.06. The predicted octanol–water partition coefficient (Wildman–Crippen LogP) is 2.40. The molecule has 1 aromatic carbocycles. The first-order chi connectivity index (χ1) is 9.07. The summed E-state index contributed by atoms with van der Waals surface area (Å²) >= 11 is 0. The Morgan fingerprint density at radius 3 is 2.25 bits per heavy atom. The van der Waals surface area contributed by atoms with Crippen molar-refractivity contribution in [3.05, 3.63) is 29.8 Å². The Morgan fingerprint density at radius 2 is 1.80 bits per heavy atom. The van der Waals surface area contributed by atoms with Gasteiger partial charge in [0.2, 0.25) is 10.0 Å². The summed E-state index contributed by atoms with van der Waals surface area (Å²) in [6.45, 7) is 6.55. The van der Waals surface area contributed by atoms with E-state index in [0.29, 0.717) is 5.69 Å². The van der Waals surface area contributed by atoms with Crippen molar-refractivity contribution in [3.63, 3.8) is 0 Å². The molecule has 0 heterocycles. The van der Waals surface area contributed by atoms with Gasteiger partial charge in [0.15, 0.2) is 0 Å². The maximum atomic E-state index is 12.7. The number of carboxylic acids is 1. The van der Waals surface area contributed by atoms with E-state index in [1.807, 2.05) is 6.07 Å². The molecule has 1 aromatic rings. The summed E-state index contributed by atoms with van der Waals surface area (Å²) in [5.41, 5.74) is 1.33. The lowest BCUT2D eigenvalue weighted by molar-refractivity contribution is -0.136. The number of para-hydroxylation sites is 1. The maximum Gasteiger partial charge on any atom is 0.305 e. The molecule has 0 atom stereocenters. The molecule has 0 aliphatic carbocycles. The highest BCUT2D eigenvalue weighted by Gasteiger charge is 2.36. The molecule has 0 saturated heterocycles. The minimum absolute atomic E-state index is 0.0697. The Hall–Kier alpha value is -1.56. The van der Waals surface area contributed by atoms with Crippen LogP contribution < -0.4 is 4.31 Å². The van der Waals surface area contributed by atoms with Crippen LogP contribution >= 0.6 is 0 Å². The molecule has 0 radical (unpaired) electrons. The SMILES string of the molecule is Cc1ccccc1N(CCC(=O)O)S(=O)(=O)C(C)(C)C. The van der Waals surface area contributed by atoms with E-state index in [-0.39, 0.29) is 13.0 Å². The molecule has 0 bridgehead atoms. The third-order valence-corrected chi connectivity index (χ3v) is 5.48. The topological polar surface area (TPSA) is 74.7 Å². The van der Waals surface area contributed by atoms with E-state index in [1.165, 1.54) is 4.31 Å². The van der Waals surface area contributed by atoms with Gasteiger partial charge < -0.3 is 5.11 Å². The monoisotopic (exact) mass is 299 g/mol. The second-order valence-electron chi connectivity index (χ2n) is 5.62. The van der Waals surface area contributed by atoms with Crippen LogP contribution in [0.1, 0.15) is 32.8 Å². The minimum Gasteiger partial charge on any atom is -0.481 e. The highest BCUT2D eigenvalue weighted by Crippen LogP contribution is 2.29. The van der Waals surface area contributed by atoms with Crippen LogP contribution in [-0.4, -0.2) is 30.8 Å². The van der Waals surface area contributed by atoms with Gasteiger partial charge in [-0.25, -0.2) is 8.42 Å². The van der Waals surface area contributed by atoms with Gasteiger partial charge in [-0.15, -0.1) is 0 Å². The fourth-order valence-corrected chi connectivity index (χ4v) is 3.20. The van der Waals surface area contributed by atoms with E-state index in [9.17, 15) is 13.2 Å². The van der Waals surface area contributed by atoms with Gasteiger partial charge in [-0.2, -0.15) is 0 Å². The molecular formula is C14H21NO4S. The molecule has 0 aliphatic heterocycles. The molecule has 112 valence electrons. The van der Waals surface area contributed by atoms with Crippen LogP contribution in [0.4, 0.5) is 5.69 Å². The number of carboxylic acid groups (broad SMARTS) is 1. The first kappa shape index (κ1) is 16.5. The Morgan fingerprint density at radius 1 is 1.25 bits per heavy atom. The largest absolute Gasteiger partial charge is 0.481 e. The first-order valence-electron chi connectivity index (χ1n) is 6.37. The van der Waals surface area contributed by atoms with E-state index in [2.05, 4.69) is 0 Å². The molecule has 0 unspecified atom stereocenters. The Balaban J connectivity index is 3.30. The lowest BCUT2D eigenvalue weighted by atomic mass is 10.2. The molecule has 1 rings (SSSR count). The number of benzene rings is 1. The number of nitrogens with zero attached hydrogens (tertiary/aromatic N) is 1. The molecule has 0 spiro atoms. The highest BCUT2D eigenvalue weighted by molar-refractivity contribution is 7.94. The number of anilines is 1. The standard InChI is InChI=1S/C14H21NO4S/c1-11-7-5-6-8-12(11)15(10-9-13(16)17)20(18,19)14(2,3)4/h5-8H,9-10H2,1-4H3,(H,16,17). The minimum atomic E-state index is -3.64. The van der Waals surface area contributed by atoms with Gasteiger partial charge in [-0.1, -0.05) is 18.2 Å². The zero-order chi connectivity index (χ0) is 15.6. The van der Waals surface area contributed by atoms with Crippen molar-refractivity contribution in [2.75, 3.05) is 10.8 Å². The number of aliphatic carboxylic acids is 1. The first-order valence-corrected chi connectivity index (χ1v) is 7.81. The summed E-state index contributed by atoms with van der Waals surface area (Å²) in [7, 11) is -3.64. The molecule has 20 heavy (non-hydrogen) atoms. The number of aryl methyl sites for hydroxylation is 1. The third kappa shape index (κ3) is 3.50. The molecule has 0 fully saturated rings. The summed E-state index contributed by atoms with van der Waals surface area (Å²) in [6.07, 6.45) is -0.232. The van der Waals surface area contributed by atoms with E-state index in [0.717, 1.165) is 5.56 Å². The molecule has 0 saturated carbocycles. The van der Waals surface area contributed by atoms with Crippen LogP contribution in [0.2, 0.25) is 0 Å². The summed E-state index contributed by atoms with van der Waals surface area (Å²) in [5.74, 6) is -1.02. The molecule has 0 aromatic heterocycles. The van der Waals surface area contributed by atoms with E-state index in [1.54, 1.807) is 45.9 Å². The van der Waals surface area contributed by atoms with Crippen LogP contribution in [0.5, 0.6) is 0 Å². The second kappa shape index (κ2) is 5.83. The quantitative estimate of drug-likeness (QED) is 0.906. The third-order valence-electron chi connectivity index (χ3n) is 2.98. The van der Waals surface area contributed by atoms with Crippen LogP contribution in [0.25, 0.3) is 0 Å². The van der Waals surface area contributed by atoms with Crippen molar-refractivity contribution in [1.82, 2.24) is 0 Å². The number of hydrogen-bond donors (Lipinski definition) is 1. The average molecular weight is 299 g/mol. The number of hydrogen-bond acceptors (Lipinski definition) is 3. The van der Waals surface area contributed by atoms with Crippen molar-refractivity contribution in [2.45, 2.75) is 38.9 Å². The van der Waals surface area contributed by atoms with Gasteiger partial charge in [0.1, 0.15) is 0 Å². The maximum absolute atomic E-state index is 12.7. The molecule has 0 aliphatic rings. The van der Waals surface area contributed by atoms with Crippen molar-refractivity contribution in [1.29, 1.82) is 0 Å². The van der Waals surface area contributed by atoms with Gasteiger partial charge in [0.05, 0.1) is 16.9 Å². The fourth-order valence-electron chi connectivity index (χ4n) is 1.74. The molecule has 1 N–H and O–H groups in total. The zero-order valence-electron chi connectivity index (χ0n) is 12.3. The normalized spacial score (nSPS) is 12.2. The second-order valence-corrected chi connectivity index (χ2v) is 8.24. The van der Waals surface area contributed by atoms with Crippen molar-refractivity contribution in [2.24, 2.45) is 0 Å². The molecule has 5 nitrogen and oxygen atoms in total. The summed E-state index contributed by atoms with van der Waals surface area (Å²) < 4.78 is 25.5. The number of rotatable bonds is 5. The molecule has 6 heteroatoms. The lowest BCUT2D eigenvalue weighted by Crippen LogP contribution is -2.44.